The summed E-state index contributed by atoms with van der Waals surface area (Å²) in [7, 11) is 1.73. The van der Waals surface area contributed by atoms with Gasteiger partial charge in [-0.1, -0.05) is 42.3 Å². The molecule has 0 aliphatic heterocycles. The van der Waals surface area contributed by atoms with Gasteiger partial charge in [-0.25, -0.2) is 0 Å². The standard InChI is InChI=1S/C13H18Cl2N2O/c1-8(9(2)16)13(18)17(3)7-10-5-4-6-11(14)12(10)15/h4-6,8-9H,7,16H2,1-3H3. The molecule has 5 heteroatoms. The summed E-state index contributed by atoms with van der Waals surface area (Å²) in [6, 6.07) is 5.22. The van der Waals surface area contributed by atoms with Gasteiger partial charge in [0.1, 0.15) is 0 Å². The van der Waals surface area contributed by atoms with Gasteiger partial charge in [0.05, 0.1) is 16.0 Å². The summed E-state index contributed by atoms with van der Waals surface area (Å²) >= 11 is 12.0. The molecule has 3 nitrogen and oxygen atoms in total. The van der Waals surface area contributed by atoms with Crippen molar-refractivity contribution in [3.05, 3.63) is 33.8 Å². The highest BCUT2D eigenvalue weighted by atomic mass is 35.5. The smallest absolute Gasteiger partial charge is 0.226 e. The van der Waals surface area contributed by atoms with Gasteiger partial charge in [0.25, 0.3) is 0 Å². The van der Waals surface area contributed by atoms with Gasteiger partial charge in [-0.3, -0.25) is 4.79 Å². The number of halogens is 2. The molecule has 2 atom stereocenters. The Balaban J connectivity index is 2.79. The van der Waals surface area contributed by atoms with E-state index in [0.717, 1.165) is 5.56 Å². The van der Waals surface area contributed by atoms with Crippen LogP contribution in [0.5, 0.6) is 0 Å². The summed E-state index contributed by atoms with van der Waals surface area (Å²) in [5, 5.41) is 0.988. The summed E-state index contributed by atoms with van der Waals surface area (Å²) in [5.74, 6) is -0.214. The zero-order valence-electron chi connectivity index (χ0n) is 10.8. The summed E-state index contributed by atoms with van der Waals surface area (Å²) < 4.78 is 0. The molecule has 1 amide bonds. The quantitative estimate of drug-likeness (QED) is 0.926. The second-order valence-electron chi connectivity index (χ2n) is 4.56. The van der Waals surface area contributed by atoms with Crippen molar-refractivity contribution < 1.29 is 4.79 Å². The van der Waals surface area contributed by atoms with Gasteiger partial charge in [-0.2, -0.15) is 0 Å². The van der Waals surface area contributed by atoms with Crippen molar-refractivity contribution in [3.8, 4) is 0 Å². The number of benzene rings is 1. The Morgan fingerprint density at radius 2 is 2.00 bits per heavy atom. The molecule has 0 aliphatic rings. The van der Waals surface area contributed by atoms with Crippen LogP contribution in [0.1, 0.15) is 19.4 Å². The Hall–Kier alpha value is -0.770. The molecular weight excluding hydrogens is 271 g/mol. The van der Waals surface area contributed by atoms with Gasteiger partial charge in [0.15, 0.2) is 0 Å². The van der Waals surface area contributed by atoms with Crippen LogP contribution in [0.3, 0.4) is 0 Å². The van der Waals surface area contributed by atoms with Crippen LogP contribution in [0.15, 0.2) is 18.2 Å². The topological polar surface area (TPSA) is 46.3 Å². The van der Waals surface area contributed by atoms with Crippen LogP contribution in [0.4, 0.5) is 0 Å². The molecular formula is C13H18Cl2N2O. The van der Waals surface area contributed by atoms with Crippen molar-refractivity contribution in [1.82, 2.24) is 4.90 Å². The lowest BCUT2D eigenvalue weighted by Crippen LogP contribution is -2.39. The summed E-state index contributed by atoms with van der Waals surface area (Å²) in [4.78, 5) is 13.7. The van der Waals surface area contributed by atoms with E-state index in [1.807, 2.05) is 26.0 Å². The molecule has 0 aliphatic carbocycles. The van der Waals surface area contributed by atoms with E-state index in [0.29, 0.717) is 16.6 Å². The fraction of sp³-hybridized carbons (Fsp3) is 0.462. The van der Waals surface area contributed by atoms with Crippen LogP contribution in [-0.4, -0.2) is 23.9 Å². The summed E-state index contributed by atoms with van der Waals surface area (Å²) in [6.45, 7) is 4.07. The molecule has 0 spiro atoms. The third kappa shape index (κ3) is 3.61. The number of carbonyl (C=O) groups is 1. The van der Waals surface area contributed by atoms with Gasteiger partial charge in [0.2, 0.25) is 5.91 Å². The normalized spacial score (nSPS) is 14.1. The molecule has 0 saturated heterocycles. The molecule has 2 N–H and O–H groups in total. The van der Waals surface area contributed by atoms with Crippen molar-refractivity contribution in [3.63, 3.8) is 0 Å². The second-order valence-corrected chi connectivity index (χ2v) is 5.34. The summed E-state index contributed by atoms with van der Waals surface area (Å²) in [6.07, 6.45) is 0. The molecule has 0 heterocycles. The molecule has 0 aromatic heterocycles. The Bertz CT molecular complexity index is 435. The molecule has 0 fully saturated rings. The van der Waals surface area contributed by atoms with Crippen molar-refractivity contribution in [2.45, 2.75) is 26.4 Å². The third-order valence-corrected chi connectivity index (χ3v) is 3.85. The Labute approximate surface area is 118 Å². The van der Waals surface area contributed by atoms with E-state index < -0.39 is 0 Å². The van der Waals surface area contributed by atoms with Crippen LogP contribution in [0.2, 0.25) is 10.0 Å². The molecule has 0 bridgehead atoms. The van der Waals surface area contributed by atoms with Crippen LogP contribution in [0, 0.1) is 5.92 Å². The maximum atomic E-state index is 12.1. The number of amides is 1. The average Bonchev–Trinajstić information content (AvgIpc) is 2.32. The maximum Gasteiger partial charge on any atom is 0.226 e. The predicted molar refractivity (Wildman–Crippen MR) is 75.7 cm³/mol. The van der Waals surface area contributed by atoms with Gasteiger partial charge in [0, 0.05) is 19.6 Å². The van der Waals surface area contributed by atoms with E-state index in [1.54, 1.807) is 18.0 Å². The first-order valence-corrected chi connectivity index (χ1v) is 6.53. The Morgan fingerprint density at radius 1 is 1.39 bits per heavy atom. The number of rotatable bonds is 4. The highest BCUT2D eigenvalue weighted by Crippen LogP contribution is 2.26. The molecule has 1 aromatic rings. The molecule has 0 saturated carbocycles. The molecule has 0 radical (unpaired) electrons. The minimum absolute atomic E-state index is 0.000965. The number of carbonyl (C=O) groups excluding carboxylic acids is 1. The summed E-state index contributed by atoms with van der Waals surface area (Å²) in [5.41, 5.74) is 6.56. The van der Waals surface area contributed by atoms with Crippen LogP contribution in [-0.2, 0) is 11.3 Å². The van der Waals surface area contributed by atoms with E-state index in [4.69, 9.17) is 28.9 Å². The highest BCUT2D eigenvalue weighted by molar-refractivity contribution is 6.42. The third-order valence-electron chi connectivity index (χ3n) is 2.99. The molecule has 1 rings (SSSR count). The van der Waals surface area contributed by atoms with E-state index >= 15 is 0 Å². The van der Waals surface area contributed by atoms with Crippen LogP contribution in [0.25, 0.3) is 0 Å². The monoisotopic (exact) mass is 288 g/mol. The SMILES string of the molecule is CC(N)C(C)C(=O)N(C)Cc1cccc(Cl)c1Cl. The minimum atomic E-state index is -0.215. The van der Waals surface area contributed by atoms with E-state index in [1.165, 1.54) is 0 Å². The lowest BCUT2D eigenvalue weighted by Gasteiger charge is -2.24. The highest BCUT2D eigenvalue weighted by Gasteiger charge is 2.21. The zero-order valence-corrected chi connectivity index (χ0v) is 12.3. The lowest BCUT2D eigenvalue weighted by atomic mass is 10.0. The molecule has 2 unspecified atom stereocenters. The minimum Gasteiger partial charge on any atom is -0.341 e. The van der Waals surface area contributed by atoms with Crippen LogP contribution >= 0.6 is 23.2 Å². The maximum absolute atomic E-state index is 12.1. The van der Waals surface area contributed by atoms with Gasteiger partial charge >= 0.3 is 0 Å². The number of hydrogen-bond acceptors (Lipinski definition) is 2. The van der Waals surface area contributed by atoms with Gasteiger partial charge in [-0.15, -0.1) is 0 Å². The predicted octanol–water partition coefficient (Wildman–Crippen LogP) is 2.94. The first kappa shape index (κ1) is 15.3. The average molecular weight is 289 g/mol. The first-order valence-electron chi connectivity index (χ1n) is 5.78. The van der Waals surface area contributed by atoms with Crippen molar-refractivity contribution in [1.29, 1.82) is 0 Å². The number of nitrogens with two attached hydrogens (primary N) is 1. The fourth-order valence-electron chi connectivity index (χ4n) is 1.58. The second kappa shape index (κ2) is 6.41. The van der Waals surface area contributed by atoms with E-state index in [2.05, 4.69) is 0 Å². The molecule has 18 heavy (non-hydrogen) atoms. The van der Waals surface area contributed by atoms with Crippen molar-refractivity contribution in [2.75, 3.05) is 7.05 Å². The largest absolute Gasteiger partial charge is 0.341 e. The van der Waals surface area contributed by atoms with Gasteiger partial charge in [-0.05, 0) is 18.6 Å². The van der Waals surface area contributed by atoms with Crippen LogP contribution < -0.4 is 5.73 Å². The lowest BCUT2D eigenvalue weighted by molar-refractivity contribution is -0.134. The molecule has 1 aromatic carbocycles. The fourth-order valence-corrected chi connectivity index (χ4v) is 1.96. The number of nitrogens with zero attached hydrogens (tertiary/aromatic N) is 1. The van der Waals surface area contributed by atoms with Crippen molar-refractivity contribution >= 4 is 29.1 Å². The van der Waals surface area contributed by atoms with E-state index in [9.17, 15) is 4.79 Å². The van der Waals surface area contributed by atoms with E-state index in [-0.39, 0.29) is 17.9 Å². The number of hydrogen-bond donors (Lipinski definition) is 1. The molecule has 100 valence electrons. The Morgan fingerprint density at radius 3 is 2.56 bits per heavy atom. The van der Waals surface area contributed by atoms with Crippen molar-refractivity contribution in [2.24, 2.45) is 11.7 Å². The first-order chi connectivity index (χ1) is 8.34. The zero-order chi connectivity index (χ0) is 13.9. The Kier molecular flexibility index (Phi) is 5.45. The van der Waals surface area contributed by atoms with Gasteiger partial charge < -0.3 is 10.6 Å².